The van der Waals surface area contributed by atoms with Crippen LogP contribution in [0.15, 0.2) is 30.3 Å². The summed E-state index contributed by atoms with van der Waals surface area (Å²) in [5, 5.41) is 12.7. The summed E-state index contributed by atoms with van der Waals surface area (Å²) in [6.07, 6.45) is 0.863. The average molecular weight is 262 g/mol. The van der Waals surface area contributed by atoms with Gasteiger partial charge in [0.05, 0.1) is 0 Å². The Bertz CT molecular complexity index is 360. The van der Waals surface area contributed by atoms with E-state index in [9.17, 15) is 0 Å². The molecule has 0 aliphatic carbocycles. The van der Waals surface area contributed by atoms with E-state index in [1.165, 1.54) is 5.56 Å². The van der Waals surface area contributed by atoms with Crippen LogP contribution in [0.3, 0.4) is 0 Å². The van der Waals surface area contributed by atoms with Crippen molar-refractivity contribution < 1.29 is 5.11 Å². The van der Waals surface area contributed by atoms with E-state index in [1.807, 2.05) is 0 Å². The smallest absolute Gasteiger partial charge is 0.0445 e. The molecule has 0 spiro atoms. The summed E-state index contributed by atoms with van der Waals surface area (Å²) >= 11 is 0. The Morgan fingerprint density at radius 3 is 2.53 bits per heavy atom. The molecular formula is C16H26N2O. The highest BCUT2D eigenvalue weighted by Crippen LogP contribution is 2.23. The first-order valence-corrected chi connectivity index (χ1v) is 7.32. The fourth-order valence-corrected chi connectivity index (χ4v) is 2.86. The van der Waals surface area contributed by atoms with Crippen LogP contribution < -0.4 is 5.32 Å². The maximum atomic E-state index is 9.17. The third kappa shape index (κ3) is 4.30. The Kier molecular flexibility index (Phi) is 5.37. The molecular weight excluding hydrogens is 236 g/mol. The zero-order chi connectivity index (χ0) is 13.7. The van der Waals surface area contributed by atoms with Gasteiger partial charge in [-0.2, -0.15) is 0 Å². The van der Waals surface area contributed by atoms with Gasteiger partial charge in [-0.1, -0.05) is 44.2 Å². The van der Waals surface area contributed by atoms with E-state index >= 15 is 0 Å². The Hall–Kier alpha value is -0.900. The van der Waals surface area contributed by atoms with Crippen LogP contribution in [0.5, 0.6) is 0 Å². The molecule has 0 radical (unpaired) electrons. The lowest BCUT2D eigenvalue weighted by Crippen LogP contribution is -2.56. The van der Waals surface area contributed by atoms with E-state index in [0.717, 1.165) is 26.1 Å². The highest BCUT2D eigenvalue weighted by Gasteiger charge is 2.32. The van der Waals surface area contributed by atoms with E-state index in [4.69, 9.17) is 5.11 Å². The summed E-state index contributed by atoms with van der Waals surface area (Å²) in [6.45, 7) is 7.94. The maximum absolute atomic E-state index is 9.17. The molecule has 0 unspecified atom stereocenters. The molecule has 1 aromatic rings. The van der Waals surface area contributed by atoms with Gasteiger partial charge in [0.25, 0.3) is 0 Å². The maximum Gasteiger partial charge on any atom is 0.0445 e. The molecule has 1 aliphatic heterocycles. The first-order valence-electron chi connectivity index (χ1n) is 7.32. The van der Waals surface area contributed by atoms with Crippen LogP contribution in [-0.2, 0) is 6.54 Å². The molecule has 3 nitrogen and oxygen atoms in total. The van der Waals surface area contributed by atoms with Crippen LogP contribution in [-0.4, -0.2) is 41.8 Å². The molecule has 2 N–H and O–H groups in total. The second-order valence-corrected chi connectivity index (χ2v) is 5.88. The van der Waals surface area contributed by atoms with Crippen molar-refractivity contribution in [3.8, 4) is 0 Å². The van der Waals surface area contributed by atoms with E-state index in [0.29, 0.717) is 18.0 Å². The molecule has 0 aromatic heterocycles. The monoisotopic (exact) mass is 262 g/mol. The van der Waals surface area contributed by atoms with Crippen LogP contribution in [0, 0.1) is 5.92 Å². The van der Waals surface area contributed by atoms with Crippen molar-refractivity contribution in [2.24, 2.45) is 5.92 Å². The van der Waals surface area contributed by atoms with Gasteiger partial charge in [-0.25, -0.2) is 0 Å². The third-order valence-corrected chi connectivity index (χ3v) is 3.79. The van der Waals surface area contributed by atoms with Crippen molar-refractivity contribution in [2.45, 2.75) is 38.9 Å². The lowest BCUT2D eigenvalue weighted by molar-refractivity contribution is 0.0537. The van der Waals surface area contributed by atoms with Gasteiger partial charge in [0.15, 0.2) is 0 Å². The molecule has 1 saturated heterocycles. The number of likely N-dealkylation sites (tertiary alicyclic amines) is 1. The second kappa shape index (κ2) is 7.04. The number of nitrogens with zero attached hydrogens (tertiary/aromatic N) is 1. The van der Waals surface area contributed by atoms with Crippen molar-refractivity contribution in [3.63, 3.8) is 0 Å². The Balaban J connectivity index is 1.77. The molecule has 1 aliphatic rings. The quantitative estimate of drug-likeness (QED) is 0.787. The fourth-order valence-electron chi connectivity index (χ4n) is 2.86. The zero-order valence-electron chi connectivity index (χ0n) is 12.0. The average Bonchev–Trinajstić information content (AvgIpc) is 2.33. The lowest BCUT2D eigenvalue weighted by Gasteiger charge is -2.44. The molecule has 106 valence electrons. The molecule has 2 rings (SSSR count). The van der Waals surface area contributed by atoms with E-state index < -0.39 is 0 Å². The topological polar surface area (TPSA) is 35.5 Å². The minimum absolute atomic E-state index is 0.277. The summed E-state index contributed by atoms with van der Waals surface area (Å²) in [5.74, 6) is 0.679. The largest absolute Gasteiger partial charge is 0.396 e. The fraction of sp³-hybridized carbons (Fsp3) is 0.625. The summed E-state index contributed by atoms with van der Waals surface area (Å²) < 4.78 is 0. The predicted octanol–water partition coefficient (Wildman–Crippen LogP) is 1.87. The summed E-state index contributed by atoms with van der Waals surface area (Å²) in [6, 6.07) is 11.6. The molecule has 3 heteroatoms. The Morgan fingerprint density at radius 1 is 1.26 bits per heavy atom. The molecule has 0 bridgehead atoms. The third-order valence-electron chi connectivity index (χ3n) is 3.79. The van der Waals surface area contributed by atoms with Crippen LogP contribution in [0.25, 0.3) is 0 Å². The van der Waals surface area contributed by atoms with E-state index in [2.05, 4.69) is 54.4 Å². The van der Waals surface area contributed by atoms with Gasteiger partial charge in [0.1, 0.15) is 0 Å². The van der Waals surface area contributed by atoms with Crippen molar-refractivity contribution in [3.05, 3.63) is 35.9 Å². The number of hydrogen-bond donors (Lipinski definition) is 2. The van der Waals surface area contributed by atoms with Crippen LogP contribution >= 0.6 is 0 Å². The summed E-state index contributed by atoms with van der Waals surface area (Å²) in [4.78, 5) is 2.48. The van der Waals surface area contributed by atoms with E-state index in [1.54, 1.807) is 0 Å². The number of benzene rings is 1. The van der Waals surface area contributed by atoms with Gasteiger partial charge in [-0.3, -0.25) is 4.90 Å². The number of nitrogens with one attached hydrogen (secondary N) is 1. The van der Waals surface area contributed by atoms with Crippen molar-refractivity contribution in [1.82, 2.24) is 10.2 Å². The highest BCUT2D eigenvalue weighted by atomic mass is 16.3. The number of aliphatic hydroxyl groups is 1. The van der Waals surface area contributed by atoms with Crippen LogP contribution in [0.4, 0.5) is 0 Å². The molecule has 1 heterocycles. The van der Waals surface area contributed by atoms with Crippen LogP contribution in [0.1, 0.15) is 25.8 Å². The first kappa shape index (κ1) is 14.5. The van der Waals surface area contributed by atoms with Crippen molar-refractivity contribution in [1.29, 1.82) is 0 Å². The number of hydrogen-bond acceptors (Lipinski definition) is 3. The van der Waals surface area contributed by atoms with Crippen molar-refractivity contribution in [2.75, 3.05) is 19.7 Å². The second-order valence-electron chi connectivity index (χ2n) is 5.88. The predicted molar refractivity (Wildman–Crippen MR) is 79.0 cm³/mol. The Morgan fingerprint density at radius 2 is 1.95 bits per heavy atom. The molecule has 0 amide bonds. The standard InChI is InChI=1S/C16H26N2O/c1-13(2)17-16(8-9-19)15-11-18(12-15)10-14-6-4-3-5-7-14/h3-7,13,15-17,19H,8-12H2,1-2H3/t16-/m1/s1. The Labute approximate surface area is 116 Å². The lowest BCUT2D eigenvalue weighted by atomic mass is 9.88. The number of aliphatic hydroxyl groups excluding tert-OH is 1. The molecule has 1 fully saturated rings. The summed E-state index contributed by atoms with van der Waals surface area (Å²) in [5.41, 5.74) is 1.39. The van der Waals surface area contributed by atoms with Gasteiger partial charge in [0, 0.05) is 38.3 Å². The minimum atomic E-state index is 0.277. The van der Waals surface area contributed by atoms with Crippen LogP contribution in [0.2, 0.25) is 0 Å². The zero-order valence-corrected chi connectivity index (χ0v) is 12.0. The van der Waals surface area contributed by atoms with Gasteiger partial charge in [0.2, 0.25) is 0 Å². The van der Waals surface area contributed by atoms with Gasteiger partial charge < -0.3 is 10.4 Å². The van der Waals surface area contributed by atoms with Crippen molar-refractivity contribution >= 4 is 0 Å². The summed E-state index contributed by atoms with van der Waals surface area (Å²) in [7, 11) is 0. The number of rotatable bonds is 7. The first-order chi connectivity index (χ1) is 9.19. The molecule has 19 heavy (non-hydrogen) atoms. The van der Waals surface area contributed by atoms with Gasteiger partial charge >= 0.3 is 0 Å². The van der Waals surface area contributed by atoms with Gasteiger partial charge in [-0.05, 0) is 17.9 Å². The molecule has 1 atom stereocenters. The highest BCUT2D eigenvalue weighted by molar-refractivity contribution is 5.15. The normalized spacial score (nSPS) is 18.5. The SMILES string of the molecule is CC(C)N[C@H](CCO)C1CN(Cc2ccccc2)C1. The molecule has 1 aromatic carbocycles. The minimum Gasteiger partial charge on any atom is -0.396 e. The van der Waals surface area contributed by atoms with Gasteiger partial charge in [-0.15, -0.1) is 0 Å². The molecule has 0 saturated carbocycles. The van der Waals surface area contributed by atoms with E-state index in [-0.39, 0.29) is 6.61 Å².